The molecule has 4 heteroatoms. The zero-order chi connectivity index (χ0) is 13.1. The summed E-state index contributed by atoms with van der Waals surface area (Å²) < 4.78 is 1.05. The van der Waals surface area contributed by atoms with Crippen LogP contribution in [0.25, 0.3) is 0 Å². The van der Waals surface area contributed by atoms with Gasteiger partial charge in [-0.1, -0.05) is 34.5 Å². The van der Waals surface area contributed by atoms with Crippen LogP contribution in [0, 0.1) is 6.92 Å². The third kappa shape index (κ3) is 2.97. The molecule has 0 bridgehead atoms. The highest BCUT2D eigenvalue weighted by atomic mass is 79.9. The van der Waals surface area contributed by atoms with Crippen molar-refractivity contribution in [3.05, 3.63) is 55.1 Å². The van der Waals surface area contributed by atoms with E-state index in [0.717, 1.165) is 21.6 Å². The van der Waals surface area contributed by atoms with E-state index in [1.54, 1.807) is 11.3 Å². The van der Waals surface area contributed by atoms with Gasteiger partial charge in [-0.05, 0) is 54.2 Å². The first kappa shape index (κ1) is 14.1. The van der Waals surface area contributed by atoms with E-state index < -0.39 is 0 Å². The second-order valence-electron chi connectivity index (χ2n) is 4.09. The van der Waals surface area contributed by atoms with Crippen LogP contribution in [-0.4, -0.2) is 6.54 Å². The highest BCUT2D eigenvalue weighted by Gasteiger charge is 2.18. The average molecular weight is 345 g/mol. The number of aryl methyl sites for hydroxylation is 1. The van der Waals surface area contributed by atoms with Crippen LogP contribution < -0.4 is 5.32 Å². The molecule has 1 N–H and O–H groups in total. The molecule has 0 spiro atoms. The molecule has 1 unspecified atom stereocenters. The van der Waals surface area contributed by atoms with Crippen molar-refractivity contribution >= 4 is 38.9 Å². The lowest BCUT2D eigenvalue weighted by molar-refractivity contribution is 0.630. The average Bonchev–Trinajstić information content (AvgIpc) is 2.76. The minimum atomic E-state index is 0.159. The smallest absolute Gasteiger partial charge is 0.0602 e. The van der Waals surface area contributed by atoms with Crippen LogP contribution in [0.3, 0.4) is 0 Å². The molecule has 0 aliphatic rings. The zero-order valence-corrected chi connectivity index (χ0v) is 13.5. The summed E-state index contributed by atoms with van der Waals surface area (Å²) in [7, 11) is 0. The van der Waals surface area contributed by atoms with Crippen LogP contribution >= 0.6 is 38.9 Å². The van der Waals surface area contributed by atoms with Crippen molar-refractivity contribution in [2.24, 2.45) is 0 Å². The summed E-state index contributed by atoms with van der Waals surface area (Å²) >= 11 is 11.6. The molecule has 96 valence electrons. The molecule has 1 nitrogen and oxygen atoms in total. The summed E-state index contributed by atoms with van der Waals surface area (Å²) in [5, 5.41) is 6.44. The van der Waals surface area contributed by atoms with Gasteiger partial charge in [0.2, 0.25) is 0 Å². The first-order chi connectivity index (χ1) is 8.63. The molecular weight excluding hydrogens is 330 g/mol. The lowest BCUT2D eigenvalue weighted by atomic mass is 9.99. The molecule has 1 aromatic carbocycles. The second kappa shape index (κ2) is 6.20. The summed E-state index contributed by atoms with van der Waals surface area (Å²) in [5.41, 5.74) is 2.43. The maximum atomic E-state index is 6.34. The van der Waals surface area contributed by atoms with Gasteiger partial charge in [0.25, 0.3) is 0 Å². The Kier molecular flexibility index (Phi) is 4.84. The van der Waals surface area contributed by atoms with Gasteiger partial charge in [-0.2, -0.15) is 0 Å². The molecule has 2 rings (SSSR count). The van der Waals surface area contributed by atoms with Crippen molar-refractivity contribution in [1.29, 1.82) is 0 Å². The van der Waals surface area contributed by atoms with E-state index in [-0.39, 0.29) is 6.04 Å². The predicted octanol–water partition coefficient (Wildman–Crippen LogP) is 5.17. The highest BCUT2D eigenvalue weighted by molar-refractivity contribution is 9.10. The summed E-state index contributed by atoms with van der Waals surface area (Å²) in [6.45, 7) is 5.17. The third-order valence-electron chi connectivity index (χ3n) is 2.89. The Morgan fingerprint density at radius 3 is 2.72 bits per heavy atom. The maximum absolute atomic E-state index is 6.34. The molecule has 2 aromatic rings. The molecule has 0 saturated heterocycles. The van der Waals surface area contributed by atoms with Crippen molar-refractivity contribution in [3.63, 3.8) is 0 Å². The van der Waals surface area contributed by atoms with E-state index in [1.807, 2.05) is 12.1 Å². The van der Waals surface area contributed by atoms with Crippen LogP contribution in [0.4, 0.5) is 0 Å². The number of halogens is 2. The number of hydrogen-bond donors (Lipinski definition) is 1. The Morgan fingerprint density at radius 2 is 2.11 bits per heavy atom. The molecule has 0 saturated carbocycles. The first-order valence-electron chi connectivity index (χ1n) is 5.85. The minimum absolute atomic E-state index is 0.159. The topological polar surface area (TPSA) is 12.0 Å². The first-order valence-corrected chi connectivity index (χ1v) is 7.91. The van der Waals surface area contributed by atoms with Crippen molar-refractivity contribution in [2.75, 3.05) is 6.54 Å². The van der Waals surface area contributed by atoms with E-state index in [1.165, 1.54) is 10.4 Å². The number of hydrogen-bond acceptors (Lipinski definition) is 2. The van der Waals surface area contributed by atoms with Gasteiger partial charge in [0.15, 0.2) is 0 Å². The Balaban J connectivity index is 2.48. The highest BCUT2D eigenvalue weighted by Crippen LogP contribution is 2.33. The largest absolute Gasteiger partial charge is 0.306 e. The SMILES string of the molecule is CCNC(c1cc(Br)ccc1Cl)c1ccsc1C. The van der Waals surface area contributed by atoms with Gasteiger partial charge in [-0.25, -0.2) is 0 Å². The summed E-state index contributed by atoms with van der Waals surface area (Å²) in [6.07, 6.45) is 0. The van der Waals surface area contributed by atoms with Crippen molar-refractivity contribution in [1.82, 2.24) is 5.32 Å². The molecule has 0 radical (unpaired) electrons. The molecule has 1 aromatic heterocycles. The molecule has 1 heterocycles. The van der Waals surface area contributed by atoms with Gasteiger partial charge in [-0.15, -0.1) is 11.3 Å². The van der Waals surface area contributed by atoms with Gasteiger partial charge in [-0.3, -0.25) is 0 Å². The van der Waals surface area contributed by atoms with E-state index in [0.29, 0.717) is 0 Å². The Bertz CT molecular complexity index is 538. The Hall–Kier alpha value is -0.350. The second-order valence-corrected chi connectivity index (χ2v) is 6.53. The van der Waals surface area contributed by atoms with Crippen LogP contribution in [0.2, 0.25) is 5.02 Å². The van der Waals surface area contributed by atoms with E-state index >= 15 is 0 Å². The Labute approximate surface area is 125 Å². The molecule has 1 atom stereocenters. The van der Waals surface area contributed by atoms with Crippen molar-refractivity contribution < 1.29 is 0 Å². The summed E-state index contributed by atoms with van der Waals surface area (Å²) in [5.74, 6) is 0. The molecule has 0 aliphatic carbocycles. The summed E-state index contributed by atoms with van der Waals surface area (Å²) in [6, 6.07) is 8.32. The number of thiophene rings is 1. The predicted molar refractivity (Wildman–Crippen MR) is 83.7 cm³/mol. The summed E-state index contributed by atoms with van der Waals surface area (Å²) in [4.78, 5) is 1.33. The normalized spacial score (nSPS) is 12.7. The Morgan fingerprint density at radius 1 is 1.33 bits per heavy atom. The van der Waals surface area contributed by atoms with Gasteiger partial charge in [0, 0.05) is 14.4 Å². The van der Waals surface area contributed by atoms with Gasteiger partial charge >= 0.3 is 0 Å². The number of benzene rings is 1. The molecule has 0 aliphatic heterocycles. The molecule has 0 amide bonds. The fourth-order valence-corrected chi connectivity index (χ4v) is 3.37. The quantitative estimate of drug-likeness (QED) is 0.806. The lowest BCUT2D eigenvalue weighted by Gasteiger charge is -2.20. The molecule has 0 fully saturated rings. The molecule has 18 heavy (non-hydrogen) atoms. The maximum Gasteiger partial charge on any atom is 0.0602 e. The van der Waals surface area contributed by atoms with Crippen LogP contribution in [0.15, 0.2) is 34.1 Å². The number of rotatable bonds is 4. The fraction of sp³-hybridized carbons (Fsp3) is 0.286. The van der Waals surface area contributed by atoms with Gasteiger partial charge < -0.3 is 5.32 Å². The number of nitrogens with one attached hydrogen (secondary N) is 1. The van der Waals surface area contributed by atoms with E-state index in [4.69, 9.17) is 11.6 Å². The third-order valence-corrected chi connectivity index (χ3v) is 4.59. The fourth-order valence-electron chi connectivity index (χ4n) is 2.02. The van der Waals surface area contributed by atoms with E-state index in [2.05, 4.69) is 52.6 Å². The van der Waals surface area contributed by atoms with Crippen molar-refractivity contribution in [3.8, 4) is 0 Å². The van der Waals surface area contributed by atoms with Gasteiger partial charge in [0.1, 0.15) is 0 Å². The van der Waals surface area contributed by atoms with Crippen LogP contribution in [0.5, 0.6) is 0 Å². The monoisotopic (exact) mass is 343 g/mol. The van der Waals surface area contributed by atoms with Crippen LogP contribution in [0.1, 0.15) is 29.0 Å². The molecular formula is C14H15BrClNS. The lowest BCUT2D eigenvalue weighted by Crippen LogP contribution is -2.22. The standard InChI is InChI=1S/C14H15BrClNS/c1-3-17-14(11-6-7-18-9(11)2)12-8-10(15)4-5-13(12)16/h4-8,14,17H,3H2,1-2H3. The van der Waals surface area contributed by atoms with Crippen LogP contribution in [-0.2, 0) is 0 Å². The van der Waals surface area contributed by atoms with Gasteiger partial charge in [0.05, 0.1) is 6.04 Å². The minimum Gasteiger partial charge on any atom is -0.306 e. The van der Waals surface area contributed by atoms with E-state index in [9.17, 15) is 0 Å². The zero-order valence-electron chi connectivity index (χ0n) is 10.3. The van der Waals surface area contributed by atoms with Crippen molar-refractivity contribution in [2.45, 2.75) is 19.9 Å².